The summed E-state index contributed by atoms with van der Waals surface area (Å²) in [5.41, 5.74) is 3.52. The van der Waals surface area contributed by atoms with Gasteiger partial charge >= 0.3 is 0 Å². The predicted octanol–water partition coefficient (Wildman–Crippen LogP) is 5.70. The number of anilines is 2. The smallest absolute Gasteiger partial charge is 0.232 e. The molecule has 8 heteroatoms. The van der Waals surface area contributed by atoms with E-state index in [0.29, 0.717) is 18.2 Å². The molecule has 1 aliphatic rings. The minimum Gasteiger partial charge on any atom is -0.376 e. The average molecular weight is 483 g/mol. The fourth-order valence-electron chi connectivity index (χ4n) is 4.21. The summed E-state index contributed by atoms with van der Waals surface area (Å²) in [5, 5.41) is 8.27. The van der Waals surface area contributed by atoms with Crippen molar-refractivity contribution in [2.75, 3.05) is 36.5 Å². The van der Waals surface area contributed by atoms with Crippen LogP contribution in [0.25, 0.3) is 11.3 Å². The number of halogens is 1. The summed E-state index contributed by atoms with van der Waals surface area (Å²) in [6, 6.07) is 16.2. The summed E-state index contributed by atoms with van der Waals surface area (Å²) >= 11 is 5.82. The molecule has 2 aromatic carbocycles. The van der Waals surface area contributed by atoms with E-state index in [1.807, 2.05) is 30.3 Å². The molecule has 0 aliphatic carbocycles. The van der Waals surface area contributed by atoms with Gasteiger partial charge in [-0.25, -0.2) is 4.39 Å². The van der Waals surface area contributed by atoms with Crippen molar-refractivity contribution < 1.29 is 13.7 Å². The molecule has 0 bridgehead atoms. The van der Waals surface area contributed by atoms with Gasteiger partial charge in [0.05, 0.1) is 18.2 Å². The fourth-order valence-corrected chi connectivity index (χ4v) is 4.46. The number of rotatable bonds is 9. The second kappa shape index (κ2) is 11.4. The first kappa shape index (κ1) is 24.2. The number of aromatic nitrogens is 1. The molecule has 1 fully saturated rings. The topological polar surface area (TPSA) is 53.8 Å². The van der Waals surface area contributed by atoms with Crippen LogP contribution < -0.4 is 10.2 Å². The molecule has 180 valence electrons. The quantitative estimate of drug-likeness (QED) is 0.392. The van der Waals surface area contributed by atoms with Crippen LogP contribution in [0.1, 0.15) is 32.3 Å². The van der Waals surface area contributed by atoms with E-state index in [9.17, 15) is 4.39 Å². The number of nitrogens with one attached hydrogen (secondary N) is 1. The number of hydrogen-bond acceptors (Lipinski definition) is 5. The van der Waals surface area contributed by atoms with E-state index in [1.165, 1.54) is 12.1 Å². The monoisotopic (exact) mass is 482 g/mol. The molecule has 0 radical (unpaired) electrons. The highest BCUT2D eigenvalue weighted by Crippen LogP contribution is 2.33. The molecule has 6 nitrogen and oxygen atoms in total. The highest BCUT2D eigenvalue weighted by molar-refractivity contribution is 7.80. The lowest BCUT2D eigenvalue weighted by molar-refractivity contribution is 0.0905. The van der Waals surface area contributed by atoms with E-state index in [1.54, 1.807) is 12.1 Å². The van der Waals surface area contributed by atoms with Crippen LogP contribution in [0.15, 0.2) is 59.1 Å². The molecule has 34 heavy (non-hydrogen) atoms. The van der Waals surface area contributed by atoms with Crippen molar-refractivity contribution in [3.8, 4) is 11.3 Å². The predicted molar refractivity (Wildman–Crippen MR) is 138 cm³/mol. The van der Waals surface area contributed by atoms with Gasteiger partial charge in [0.15, 0.2) is 5.11 Å². The first-order chi connectivity index (χ1) is 16.6. The Morgan fingerprint density at radius 1 is 1.12 bits per heavy atom. The van der Waals surface area contributed by atoms with Crippen LogP contribution in [0.3, 0.4) is 0 Å². The van der Waals surface area contributed by atoms with Gasteiger partial charge < -0.3 is 24.4 Å². The van der Waals surface area contributed by atoms with Gasteiger partial charge in [-0.2, -0.15) is 0 Å². The van der Waals surface area contributed by atoms with Crippen molar-refractivity contribution >= 4 is 28.9 Å². The number of ether oxygens (including phenoxy) is 1. The van der Waals surface area contributed by atoms with Crippen molar-refractivity contribution in [1.29, 1.82) is 0 Å². The minimum absolute atomic E-state index is 0.102. The zero-order valence-corrected chi connectivity index (χ0v) is 20.5. The van der Waals surface area contributed by atoms with E-state index in [2.05, 4.69) is 34.1 Å². The molecule has 0 spiro atoms. The van der Waals surface area contributed by atoms with E-state index in [0.717, 1.165) is 60.9 Å². The molecule has 1 unspecified atom stereocenters. The Bertz CT molecular complexity index is 1060. The van der Waals surface area contributed by atoms with Crippen LogP contribution in [0.4, 0.5) is 16.0 Å². The highest BCUT2D eigenvalue weighted by atomic mass is 32.1. The van der Waals surface area contributed by atoms with Gasteiger partial charge in [0, 0.05) is 37.5 Å². The van der Waals surface area contributed by atoms with Crippen molar-refractivity contribution in [1.82, 2.24) is 10.1 Å². The third-order valence-corrected chi connectivity index (χ3v) is 6.41. The molecule has 3 aromatic rings. The molecule has 4 rings (SSSR count). The second-order valence-electron chi connectivity index (χ2n) is 8.31. The van der Waals surface area contributed by atoms with Gasteiger partial charge in [-0.05, 0) is 63.2 Å². The maximum absolute atomic E-state index is 13.4. The van der Waals surface area contributed by atoms with Crippen molar-refractivity contribution in [3.05, 3.63) is 66.0 Å². The number of nitrogens with zero attached hydrogens (tertiary/aromatic N) is 3. The van der Waals surface area contributed by atoms with Gasteiger partial charge in [-0.1, -0.05) is 35.5 Å². The zero-order valence-electron chi connectivity index (χ0n) is 19.7. The highest BCUT2D eigenvalue weighted by Gasteiger charge is 2.27. The van der Waals surface area contributed by atoms with E-state index < -0.39 is 0 Å². The first-order valence-electron chi connectivity index (χ1n) is 11.8. The van der Waals surface area contributed by atoms with Crippen LogP contribution in [-0.4, -0.2) is 47.5 Å². The molecule has 0 saturated carbocycles. The molecule has 2 heterocycles. The second-order valence-corrected chi connectivity index (χ2v) is 8.69. The van der Waals surface area contributed by atoms with Crippen LogP contribution in [0.2, 0.25) is 0 Å². The molecule has 1 atom stereocenters. The summed E-state index contributed by atoms with van der Waals surface area (Å²) in [5.74, 6) is 0.472. The van der Waals surface area contributed by atoms with Gasteiger partial charge in [-0.3, -0.25) is 0 Å². The zero-order chi connectivity index (χ0) is 23.9. The fraction of sp³-hybridized carbons (Fsp3) is 0.385. The van der Waals surface area contributed by atoms with Crippen LogP contribution in [0.5, 0.6) is 0 Å². The molecular formula is C26H31FN4O2S. The molecule has 1 aromatic heterocycles. The maximum Gasteiger partial charge on any atom is 0.232 e. The number of benzene rings is 2. The third-order valence-electron chi connectivity index (χ3n) is 6.04. The minimum atomic E-state index is -0.284. The Labute approximate surface area is 205 Å². The lowest BCUT2D eigenvalue weighted by atomic mass is 10.1. The summed E-state index contributed by atoms with van der Waals surface area (Å²) in [4.78, 5) is 4.26. The van der Waals surface area contributed by atoms with E-state index in [-0.39, 0.29) is 11.9 Å². The SMILES string of the molecule is CCN(CC)c1onc(-c2ccccc2)c1CN(CC1CCCO1)C(=S)Nc1ccc(F)cc1. The summed E-state index contributed by atoms with van der Waals surface area (Å²) in [7, 11) is 0. The number of hydrogen-bond donors (Lipinski definition) is 1. The van der Waals surface area contributed by atoms with E-state index in [4.69, 9.17) is 21.5 Å². The maximum atomic E-state index is 13.4. The Morgan fingerprint density at radius 3 is 2.50 bits per heavy atom. The van der Waals surface area contributed by atoms with Crippen molar-refractivity contribution in [2.24, 2.45) is 0 Å². The summed E-state index contributed by atoms with van der Waals surface area (Å²) < 4.78 is 25.2. The third kappa shape index (κ3) is 5.74. The Kier molecular flexibility index (Phi) is 8.13. The summed E-state index contributed by atoms with van der Waals surface area (Å²) in [6.45, 7) is 7.72. The molecular weight excluding hydrogens is 451 g/mol. The average Bonchev–Trinajstić information content (AvgIpc) is 3.52. The summed E-state index contributed by atoms with van der Waals surface area (Å²) in [6.07, 6.45) is 2.14. The largest absolute Gasteiger partial charge is 0.376 e. The molecule has 1 aliphatic heterocycles. The molecule has 1 saturated heterocycles. The lowest BCUT2D eigenvalue weighted by Gasteiger charge is -2.29. The normalized spacial score (nSPS) is 15.3. The Balaban J connectivity index is 1.66. The van der Waals surface area contributed by atoms with Gasteiger partial charge in [0.25, 0.3) is 0 Å². The molecule has 1 N–H and O–H groups in total. The Hall–Kier alpha value is -2.97. The van der Waals surface area contributed by atoms with Crippen molar-refractivity contribution in [2.45, 2.75) is 39.3 Å². The lowest BCUT2D eigenvalue weighted by Crippen LogP contribution is -2.40. The van der Waals surface area contributed by atoms with Crippen molar-refractivity contribution in [3.63, 3.8) is 0 Å². The Morgan fingerprint density at radius 2 is 1.85 bits per heavy atom. The standard InChI is InChI=1S/C26H31FN4O2S/c1-3-30(4-2)25-23(24(29-33-25)19-9-6-5-7-10-19)18-31(17-22-11-8-16-32-22)26(34)28-21-14-12-20(27)13-15-21/h5-7,9-10,12-15,22H,3-4,8,11,16-18H2,1-2H3,(H,28,34). The first-order valence-corrected chi connectivity index (χ1v) is 12.2. The van der Waals surface area contributed by atoms with Gasteiger partial charge in [0.1, 0.15) is 11.5 Å². The number of thiocarbonyl (C=S) groups is 1. The van der Waals surface area contributed by atoms with Gasteiger partial charge in [0.2, 0.25) is 5.88 Å². The van der Waals surface area contributed by atoms with E-state index >= 15 is 0 Å². The molecule has 0 amide bonds. The van der Waals surface area contributed by atoms with Crippen LogP contribution in [0, 0.1) is 5.82 Å². The van der Waals surface area contributed by atoms with Gasteiger partial charge in [-0.15, -0.1) is 0 Å². The van der Waals surface area contributed by atoms with Crippen LogP contribution >= 0.6 is 12.2 Å². The van der Waals surface area contributed by atoms with Crippen LogP contribution in [-0.2, 0) is 11.3 Å².